The van der Waals surface area contributed by atoms with Crippen molar-refractivity contribution in [3.63, 3.8) is 0 Å². The minimum absolute atomic E-state index is 0.138. The van der Waals surface area contributed by atoms with Gasteiger partial charge in [0.15, 0.2) is 11.5 Å². The number of hydrazone groups is 1. The molecule has 2 aromatic rings. The van der Waals surface area contributed by atoms with Crippen LogP contribution in [0.5, 0.6) is 11.5 Å². The molecule has 0 fully saturated rings. The number of halogens is 1. The molecular formula is C18H16FN3O3. The maximum atomic E-state index is 13.8. The molecule has 0 atom stereocenters. The van der Waals surface area contributed by atoms with Crippen LogP contribution in [0.25, 0.3) is 0 Å². The molecule has 2 rings (SSSR count). The molecule has 1 N–H and O–H groups in total. The molecule has 0 aromatic heterocycles. The first-order valence-corrected chi connectivity index (χ1v) is 7.43. The fourth-order valence-corrected chi connectivity index (χ4v) is 2.03. The maximum absolute atomic E-state index is 13.8. The van der Waals surface area contributed by atoms with Crippen LogP contribution in [0.4, 0.5) is 4.39 Å². The van der Waals surface area contributed by atoms with E-state index in [1.54, 1.807) is 24.3 Å². The average Bonchev–Trinajstić information content (AvgIpc) is 2.62. The van der Waals surface area contributed by atoms with Gasteiger partial charge in [-0.15, -0.1) is 0 Å². The summed E-state index contributed by atoms with van der Waals surface area (Å²) < 4.78 is 24.4. The molecule has 0 aliphatic rings. The normalized spacial score (nSPS) is 10.3. The molecule has 0 saturated carbocycles. The summed E-state index contributed by atoms with van der Waals surface area (Å²) in [6.45, 7) is 2.38. The zero-order valence-corrected chi connectivity index (χ0v) is 13.7. The molecule has 0 bridgehead atoms. The van der Waals surface area contributed by atoms with Gasteiger partial charge in [0.2, 0.25) is 0 Å². The minimum atomic E-state index is -0.783. The zero-order valence-electron chi connectivity index (χ0n) is 13.7. The first-order chi connectivity index (χ1) is 12.1. The molecule has 0 aliphatic carbocycles. The number of hydrogen-bond acceptors (Lipinski definition) is 5. The van der Waals surface area contributed by atoms with Crippen molar-refractivity contribution in [1.82, 2.24) is 5.43 Å². The lowest BCUT2D eigenvalue weighted by molar-refractivity contribution is 0.0951. The predicted octanol–water partition coefficient (Wildman–Crippen LogP) is 2.87. The topological polar surface area (TPSA) is 83.7 Å². The van der Waals surface area contributed by atoms with E-state index >= 15 is 0 Å². The Balaban J connectivity index is 2.08. The highest BCUT2D eigenvalue weighted by Crippen LogP contribution is 2.27. The van der Waals surface area contributed by atoms with E-state index in [0.717, 1.165) is 6.07 Å². The molecule has 25 heavy (non-hydrogen) atoms. The van der Waals surface area contributed by atoms with E-state index in [9.17, 15) is 9.18 Å². The van der Waals surface area contributed by atoms with Gasteiger partial charge in [0.25, 0.3) is 5.91 Å². The second kappa shape index (κ2) is 8.45. The maximum Gasteiger partial charge on any atom is 0.274 e. The van der Waals surface area contributed by atoms with Gasteiger partial charge in [-0.05, 0) is 48.9 Å². The number of ether oxygens (including phenoxy) is 2. The van der Waals surface area contributed by atoms with Crippen LogP contribution in [0.3, 0.4) is 0 Å². The van der Waals surface area contributed by atoms with Crippen molar-refractivity contribution in [3.05, 3.63) is 58.9 Å². The van der Waals surface area contributed by atoms with Gasteiger partial charge in [-0.25, -0.2) is 9.82 Å². The van der Waals surface area contributed by atoms with E-state index in [-0.39, 0.29) is 11.1 Å². The Bertz CT molecular complexity index is 844. The van der Waals surface area contributed by atoms with Gasteiger partial charge < -0.3 is 9.47 Å². The van der Waals surface area contributed by atoms with E-state index in [1.807, 2.05) is 6.92 Å². The van der Waals surface area contributed by atoms with Crippen molar-refractivity contribution < 1.29 is 18.7 Å². The largest absolute Gasteiger partial charge is 0.493 e. The Morgan fingerprint density at radius 1 is 1.32 bits per heavy atom. The van der Waals surface area contributed by atoms with Crippen LogP contribution in [0.1, 0.15) is 28.4 Å². The number of rotatable bonds is 6. The summed E-state index contributed by atoms with van der Waals surface area (Å²) in [6, 6.07) is 10.6. The first-order valence-electron chi connectivity index (χ1n) is 7.43. The van der Waals surface area contributed by atoms with Crippen molar-refractivity contribution in [1.29, 1.82) is 5.26 Å². The highest BCUT2D eigenvalue weighted by molar-refractivity contribution is 5.95. The Kier molecular flexibility index (Phi) is 6.07. The highest BCUT2D eigenvalue weighted by atomic mass is 19.1. The van der Waals surface area contributed by atoms with Crippen LogP contribution in [0.2, 0.25) is 0 Å². The Hall–Kier alpha value is -3.40. The monoisotopic (exact) mass is 341 g/mol. The molecule has 0 heterocycles. The molecular weight excluding hydrogens is 325 g/mol. The van der Waals surface area contributed by atoms with E-state index in [1.165, 1.54) is 25.5 Å². The number of nitrogens with zero attached hydrogens (tertiary/aromatic N) is 2. The summed E-state index contributed by atoms with van der Waals surface area (Å²) in [5.74, 6) is -0.355. The summed E-state index contributed by atoms with van der Waals surface area (Å²) in [7, 11) is 1.52. The van der Waals surface area contributed by atoms with Gasteiger partial charge in [0, 0.05) is 0 Å². The van der Waals surface area contributed by atoms with Gasteiger partial charge in [0.05, 0.1) is 37.1 Å². The number of carbonyl (C=O) groups is 1. The number of nitrogens with one attached hydrogen (secondary N) is 1. The van der Waals surface area contributed by atoms with Gasteiger partial charge in [-0.3, -0.25) is 4.79 Å². The van der Waals surface area contributed by atoms with Crippen molar-refractivity contribution in [2.24, 2.45) is 5.10 Å². The molecule has 1 amide bonds. The second-order valence-electron chi connectivity index (χ2n) is 4.85. The SMILES string of the molecule is CCOc1ccc(/C=N\NC(=O)c2ccc(C#N)cc2F)cc1OC. The molecule has 128 valence electrons. The fraction of sp³-hybridized carbons (Fsp3) is 0.167. The van der Waals surface area contributed by atoms with Crippen LogP contribution in [-0.4, -0.2) is 25.8 Å². The smallest absolute Gasteiger partial charge is 0.274 e. The van der Waals surface area contributed by atoms with E-state index in [2.05, 4.69) is 10.5 Å². The molecule has 0 saturated heterocycles. The molecule has 0 spiro atoms. The van der Waals surface area contributed by atoms with Crippen LogP contribution in [0, 0.1) is 17.1 Å². The van der Waals surface area contributed by atoms with Gasteiger partial charge in [0.1, 0.15) is 5.82 Å². The van der Waals surface area contributed by atoms with Crippen LogP contribution >= 0.6 is 0 Å². The highest BCUT2D eigenvalue weighted by Gasteiger charge is 2.11. The summed E-state index contributed by atoms with van der Waals surface area (Å²) in [5.41, 5.74) is 2.85. The van der Waals surface area contributed by atoms with Crippen LogP contribution < -0.4 is 14.9 Å². The fourth-order valence-electron chi connectivity index (χ4n) is 2.03. The molecule has 6 nitrogen and oxygen atoms in total. The number of carbonyl (C=O) groups excluding carboxylic acids is 1. The van der Waals surface area contributed by atoms with Gasteiger partial charge in [-0.1, -0.05) is 0 Å². The lowest BCUT2D eigenvalue weighted by Crippen LogP contribution is -2.19. The van der Waals surface area contributed by atoms with Crippen LogP contribution in [0.15, 0.2) is 41.5 Å². The predicted molar refractivity (Wildman–Crippen MR) is 90.3 cm³/mol. The van der Waals surface area contributed by atoms with Crippen molar-refractivity contribution >= 4 is 12.1 Å². The molecule has 0 radical (unpaired) electrons. The third kappa shape index (κ3) is 4.54. The van der Waals surface area contributed by atoms with Crippen molar-refractivity contribution in [3.8, 4) is 17.6 Å². The lowest BCUT2D eigenvalue weighted by Gasteiger charge is -2.09. The lowest BCUT2D eigenvalue weighted by atomic mass is 10.1. The second-order valence-corrected chi connectivity index (χ2v) is 4.85. The first kappa shape index (κ1) is 17.9. The number of nitriles is 1. The van der Waals surface area contributed by atoms with E-state index in [0.29, 0.717) is 23.7 Å². The molecule has 0 unspecified atom stereocenters. The minimum Gasteiger partial charge on any atom is -0.493 e. The van der Waals surface area contributed by atoms with Gasteiger partial charge >= 0.3 is 0 Å². The summed E-state index contributed by atoms with van der Waals surface area (Å²) in [4.78, 5) is 11.9. The third-order valence-corrected chi connectivity index (χ3v) is 3.21. The standard InChI is InChI=1S/C18H16FN3O3/c1-3-25-16-7-5-13(9-17(16)24-2)11-21-22-18(23)14-6-4-12(10-20)8-15(14)19/h4-9,11H,3H2,1-2H3,(H,22,23)/b21-11-. The molecule has 0 aliphatic heterocycles. The van der Waals surface area contributed by atoms with E-state index < -0.39 is 11.7 Å². The van der Waals surface area contributed by atoms with Crippen LogP contribution in [-0.2, 0) is 0 Å². The molecule has 7 heteroatoms. The quantitative estimate of drug-likeness (QED) is 0.647. The summed E-state index contributed by atoms with van der Waals surface area (Å²) >= 11 is 0. The van der Waals surface area contributed by atoms with E-state index in [4.69, 9.17) is 14.7 Å². The summed E-state index contributed by atoms with van der Waals surface area (Å²) in [6.07, 6.45) is 1.40. The average molecular weight is 341 g/mol. The Labute approximate surface area is 144 Å². The number of hydrogen-bond donors (Lipinski definition) is 1. The Morgan fingerprint density at radius 3 is 2.76 bits per heavy atom. The number of benzene rings is 2. The number of methoxy groups -OCH3 is 1. The Morgan fingerprint density at radius 2 is 2.12 bits per heavy atom. The molecule has 2 aromatic carbocycles. The summed E-state index contributed by atoms with van der Waals surface area (Å²) in [5, 5.41) is 12.5. The van der Waals surface area contributed by atoms with Gasteiger partial charge in [-0.2, -0.15) is 10.4 Å². The number of amides is 1. The zero-order chi connectivity index (χ0) is 18.2. The third-order valence-electron chi connectivity index (χ3n) is 3.21. The van der Waals surface area contributed by atoms with Crippen molar-refractivity contribution in [2.75, 3.05) is 13.7 Å². The van der Waals surface area contributed by atoms with Crippen molar-refractivity contribution in [2.45, 2.75) is 6.92 Å².